The van der Waals surface area contributed by atoms with Crippen molar-refractivity contribution in [3.8, 4) is 0 Å². The van der Waals surface area contributed by atoms with Gasteiger partial charge in [0.25, 0.3) is 0 Å². The van der Waals surface area contributed by atoms with E-state index in [9.17, 15) is 4.79 Å². The molecular formula is C13H24O. The highest BCUT2D eigenvalue weighted by molar-refractivity contribution is 5.87. The summed E-state index contributed by atoms with van der Waals surface area (Å²) in [5.74, 6) is 1.83. The van der Waals surface area contributed by atoms with Crippen molar-refractivity contribution in [3.05, 3.63) is 0 Å². The number of carbonyl (C=O) groups is 1. The van der Waals surface area contributed by atoms with Crippen molar-refractivity contribution in [1.29, 1.82) is 0 Å². The van der Waals surface area contributed by atoms with Crippen molar-refractivity contribution in [3.63, 3.8) is 0 Å². The zero-order valence-corrected chi connectivity index (χ0v) is 10.1. The molecule has 1 unspecified atom stereocenters. The molecule has 0 aromatic rings. The highest BCUT2D eigenvalue weighted by Crippen LogP contribution is 2.36. The highest BCUT2D eigenvalue weighted by atomic mass is 16.1. The molecule has 0 N–H and O–H groups in total. The van der Waals surface area contributed by atoms with Gasteiger partial charge in [0, 0.05) is 11.3 Å². The van der Waals surface area contributed by atoms with Gasteiger partial charge < -0.3 is 0 Å². The summed E-state index contributed by atoms with van der Waals surface area (Å²) in [5.41, 5.74) is -0.0145. The highest BCUT2D eigenvalue weighted by Gasteiger charge is 2.37. The van der Waals surface area contributed by atoms with Crippen LogP contribution in [0.3, 0.4) is 0 Å². The van der Waals surface area contributed by atoms with E-state index in [0.717, 1.165) is 18.8 Å². The van der Waals surface area contributed by atoms with Gasteiger partial charge >= 0.3 is 0 Å². The first-order valence-electron chi connectivity index (χ1n) is 5.98. The van der Waals surface area contributed by atoms with Gasteiger partial charge in [-0.05, 0) is 18.8 Å². The van der Waals surface area contributed by atoms with E-state index in [1.165, 1.54) is 19.3 Å². The van der Waals surface area contributed by atoms with Gasteiger partial charge in [0.2, 0.25) is 0 Å². The van der Waals surface area contributed by atoms with Crippen LogP contribution < -0.4 is 0 Å². The smallest absolute Gasteiger partial charge is 0.141 e. The summed E-state index contributed by atoms with van der Waals surface area (Å²) >= 11 is 0. The quantitative estimate of drug-likeness (QED) is 0.575. The zero-order valence-electron chi connectivity index (χ0n) is 10.1. The summed E-state index contributed by atoms with van der Waals surface area (Å²) in [4.78, 5) is 11.2. The lowest BCUT2D eigenvalue weighted by molar-refractivity contribution is -0.127. The van der Waals surface area contributed by atoms with Crippen LogP contribution >= 0.6 is 0 Å². The fourth-order valence-corrected chi connectivity index (χ4v) is 2.11. The van der Waals surface area contributed by atoms with Gasteiger partial charge in [0.1, 0.15) is 5.78 Å². The Labute approximate surface area is 88.3 Å². The van der Waals surface area contributed by atoms with Gasteiger partial charge in [0.15, 0.2) is 0 Å². The third-order valence-corrected chi connectivity index (χ3v) is 3.71. The van der Waals surface area contributed by atoms with Crippen LogP contribution in [0.15, 0.2) is 0 Å². The Morgan fingerprint density at radius 3 is 1.71 bits per heavy atom. The minimum atomic E-state index is -0.0145. The van der Waals surface area contributed by atoms with E-state index in [0.29, 0.717) is 11.7 Å². The molecule has 1 heteroatoms. The Bertz CT molecular complexity index is 201. The predicted molar refractivity (Wildman–Crippen MR) is 60.2 cm³/mol. The largest absolute Gasteiger partial charge is 0.299 e. The molecule has 0 radical (unpaired) electrons. The molecule has 0 saturated heterocycles. The summed E-state index contributed by atoms with van der Waals surface area (Å²) in [6.45, 7) is 8.41. The van der Waals surface area contributed by atoms with Crippen molar-refractivity contribution in [2.75, 3.05) is 0 Å². The van der Waals surface area contributed by atoms with Gasteiger partial charge in [-0.15, -0.1) is 0 Å². The first-order valence-corrected chi connectivity index (χ1v) is 5.98. The maximum atomic E-state index is 11.2. The summed E-state index contributed by atoms with van der Waals surface area (Å²) in [6.07, 6.45) is 6.62. The Morgan fingerprint density at radius 1 is 1.14 bits per heavy atom. The molecule has 2 aliphatic carbocycles. The van der Waals surface area contributed by atoms with E-state index in [1.807, 2.05) is 20.8 Å². The Hall–Kier alpha value is -0.330. The van der Waals surface area contributed by atoms with E-state index in [-0.39, 0.29) is 5.41 Å². The normalized spacial score (nSPS) is 30.6. The lowest BCUT2D eigenvalue weighted by atomic mass is 9.88. The molecule has 0 amide bonds. The summed E-state index contributed by atoms with van der Waals surface area (Å²) < 4.78 is 0. The van der Waals surface area contributed by atoms with Crippen LogP contribution in [0.1, 0.15) is 59.8 Å². The van der Waals surface area contributed by atoms with Crippen molar-refractivity contribution < 1.29 is 4.79 Å². The Kier molecular flexibility index (Phi) is 3.74. The van der Waals surface area contributed by atoms with Gasteiger partial charge in [-0.1, -0.05) is 47.0 Å². The molecule has 0 bridgehead atoms. The second-order valence-electron chi connectivity index (χ2n) is 5.72. The number of hydrogen-bond acceptors (Lipinski definition) is 1. The van der Waals surface area contributed by atoms with E-state index in [2.05, 4.69) is 6.92 Å². The summed E-state index contributed by atoms with van der Waals surface area (Å²) in [5, 5.41) is 0. The molecule has 0 aliphatic heterocycles. The van der Waals surface area contributed by atoms with Crippen LogP contribution in [0.2, 0.25) is 0 Å². The number of rotatable bonds is 0. The SMILES string of the molecule is CC1CCC(C)(C)C1=O.CC1CCC1. The molecule has 1 nitrogen and oxygen atoms in total. The van der Waals surface area contributed by atoms with Gasteiger partial charge in [-0.25, -0.2) is 0 Å². The average Bonchev–Trinajstić information content (AvgIpc) is 2.30. The number of ketones is 1. The van der Waals surface area contributed by atoms with Crippen molar-refractivity contribution in [1.82, 2.24) is 0 Å². The molecule has 0 spiro atoms. The monoisotopic (exact) mass is 196 g/mol. The molecule has 0 aromatic carbocycles. The Morgan fingerprint density at radius 2 is 1.64 bits per heavy atom. The van der Waals surface area contributed by atoms with Crippen LogP contribution in [0.5, 0.6) is 0 Å². The van der Waals surface area contributed by atoms with E-state index in [4.69, 9.17) is 0 Å². The standard InChI is InChI=1S/C8H14O.C5H10/c1-6-4-5-8(2,3)7(6)9;1-5-3-2-4-5/h6H,4-5H2,1-3H3;5H,2-4H2,1H3. The molecule has 2 fully saturated rings. The fraction of sp³-hybridized carbons (Fsp3) is 0.923. The summed E-state index contributed by atoms with van der Waals surface area (Å²) in [7, 11) is 0. The van der Waals surface area contributed by atoms with Crippen LogP contribution in [0.25, 0.3) is 0 Å². The molecule has 0 aromatic heterocycles. The molecule has 0 heterocycles. The third-order valence-electron chi connectivity index (χ3n) is 3.71. The maximum Gasteiger partial charge on any atom is 0.141 e. The fourth-order valence-electron chi connectivity index (χ4n) is 2.11. The maximum absolute atomic E-state index is 11.2. The van der Waals surface area contributed by atoms with E-state index >= 15 is 0 Å². The first-order chi connectivity index (χ1) is 6.43. The summed E-state index contributed by atoms with van der Waals surface area (Å²) in [6, 6.07) is 0. The predicted octanol–water partition coefficient (Wildman–Crippen LogP) is 3.82. The molecule has 82 valence electrons. The first kappa shape index (κ1) is 11.7. The number of carbonyl (C=O) groups excluding carboxylic acids is 1. The molecule has 1 atom stereocenters. The van der Waals surface area contributed by atoms with Gasteiger partial charge in [-0.3, -0.25) is 4.79 Å². The van der Waals surface area contributed by atoms with Crippen LogP contribution in [0.4, 0.5) is 0 Å². The van der Waals surface area contributed by atoms with E-state index in [1.54, 1.807) is 0 Å². The third kappa shape index (κ3) is 2.83. The van der Waals surface area contributed by atoms with Crippen molar-refractivity contribution in [2.45, 2.75) is 59.8 Å². The minimum absolute atomic E-state index is 0.0145. The lowest BCUT2D eigenvalue weighted by Crippen LogP contribution is -2.19. The molecular weight excluding hydrogens is 172 g/mol. The second-order valence-corrected chi connectivity index (χ2v) is 5.72. The average molecular weight is 196 g/mol. The minimum Gasteiger partial charge on any atom is -0.299 e. The molecule has 2 aliphatic rings. The molecule has 2 rings (SSSR count). The second kappa shape index (κ2) is 4.46. The lowest BCUT2D eigenvalue weighted by Gasteiger charge is -2.18. The van der Waals surface area contributed by atoms with Crippen LogP contribution in [0, 0.1) is 17.3 Å². The molecule has 2 saturated carbocycles. The number of hydrogen-bond donors (Lipinski definition) is 0. The van der Waals surface area contributed by atoms with Crippen LogP contribution in [-0.2, 0) is 4.79 Å². The van der Waals surface area contributed by atoms with Gasteiger partial charge in [-0.2, -0.15) is 0 Å². The van der Waals surface area contributed by atoms with Crippen molar-refractivity contribution >= 4 is 5.78 Å². The van der Waals surface area contributed by atoms with E-state index < -0.39 is 0 Å². The van der Waals surface area contributed by atoms with Crippen LogP contribution in [-0.4, -0.2) is 5.78 Å². The Balaban J connectivity index is 0.000000165. The topological polar surface area (TPSA) is 17.1 Å². The molecule has 14 heavy (non-hydrogen) atoms. The number of Topliss-reactive ketones (excluding diaryl/α,β-unsaturated/α-hetero) is 1. The van der Waals surface area contributed by atoms with Gasteiger partial charge in [0.05, 0.1) is 0 Å². The zero-order chi connectivity index (χ0) is 10.8. The van der Waals surface area contributed by atoms with Crippen molar-refractivity contribution in [2.24, 2.45) is 17.3 Å².